The Balaban J connectivity index is 0.00000400. The first-order chi connectivity index (χ1) is 9.51. The van der Waals surface area contributed by atoms with Gasteiger partial charge in [-0.15, -0.1) is 24.0 Å². The van der Waals surface area contributed by atoms with Crippen molar-refractivity contribution in [1.29, 1.82) is 0 Å². The van der Waals surface area contributed by atoms with E-state index >= 15 is 0 Å². The predicted molar refractivity (Wildman–Crippen MR) is 101 cm³/mol. The molecule has 0 fully saturated rings. The number of guanidine groups is 1. The van der Waals surface area contributed by atoms with Gasteiger partial charge in [-0.3, -0.25) is 4.99 Å². The summed E-state index contributed by atoms with van der Waals surface area (Å²) in [6.45, 7) is 7.29. The van der Waals surface area contributed by atoms with Gasteiger partial charge in [-0.05, 0) is 44.2 Å². The zero-order chi connectivity index (χ0) is 15.0. The highest BCUT2D eigenvalue weighted by atomic mass is 127. The number of nitrogens with two attached hydrogens (primary N) is 1. The molecule has 1 aromatic rings. The van der Waals surface area contributed by atoms with Crippen LogP contribution in [0.3, 0.4) is 0 Å². The zero-order valence-corrected chi connectivity index (χ0v) is 15.7. The highest BCUT2D eigenvalue weighted by Crippen LogP contribution is 2.13. The third kappa shape index (κ3) is 8.90. The fraction of sp³-hybridized carbons (Fsp3) is 0.533. The summed E-state index contributed by atoms with van der Waals surface area (Å²) in [6, 6.07) is 6.24. The number of hydrogen-bond donors (Lipinski definition) is 2. The maximum absolute atomic E-state index is 5.89. The molecule has 0 unspecified atom stereocenters. The van der Waals surface area contributed by atoms with Gasteiger partial charge in [0, 0.05) is 25.9 Å². The molecule has 0 spiro atoms. The van der Waals surface area contributed by atoms with Crippen LogP contribution in [0.4, 0.5) is 5.69 Å². The van der Waals surface area contributed by atoms with Crippen molar-refractivity contribution in [3.63, 3.8) is 0 Å². The van der Waals surface area contributed by atoms with E-state index in [1.54, 1.807) is 7.11 Å². The summed E-state index contributed by atoms with van der Waals surface area (Å²) in [4.78, 5) is 6.49. The maximum Gasteiger partial charge on any atom is 0.193 e. The summed E-state index contributed by atoms with van der Waals surface area (Å²) in [5.41, 5.74) is 9.29. The minimum atomic E-state index is 0. The topological polar surface area (TPSA) is 62.9 Å². The molecule has 6 heteroatoms. The van der Waals surface area contributed by atoms with Crippen molar-refractivity contribution in [1.82, 2.24) is 4.90 Å². The van der Waals surface area contributed by atoms with Crippen LogP contribution >= 0.6 is 24.0 Å². The molecule has 120 valence electrons. The van der Waals surface area contributed by atoms with Crippen LogP contribution in [0.5, 0.6) is 0 Å². The highest BCUT2D eigenvalue weighted by molar-refractivity contribution is 14.0. The minimum Gasteiger partial charge on any atom is -0.383 e. The van der Waals surface area contributed by atoms with E-state index in [1.165, 1.54) is 11.1 Å². The maximum atomic E-state index is 5.89. The second-order valence-electron chi connectivity index (χ2n) is 5.06. The zero-order valence-electron chi connectivity index (χ0n) is 13.3. The Kier molecular flexibility index (Phi) is 10.4. The first kappa shape index (κ1) is 20.1. The number of aryl methyl sites for hydroxylation is 2. The van der Waals surface area contributed by atoms with Crippen molar-refractivity contribution in [2.75, 3.05) is 45.7 Å². The van der Waals surface area contributed by atoms with E-state index in [0.717, 1.165) is 25.4 Å². The summed E-state index contributed by atoms with van der Waals surface area (Å²) in [5, 5.41) is 3.13. The van der Waals surface area contributed by atoms with Crippen molar-refractivity contribution in [3.8, 4) is 0 Å². The normalized spacial score (nSPS) is 11.4. The van der Waals surface area contributed by atoms with Crippen molar-refractivity contribution < 1.29 is 4.74 Å². The quantitative estimate of drug-likeness (QED) is 0.414. The fourth-order valence-electron chi connectivity index (χ4n) is 1.93. The van der Waals surface area contributed by atoms with E-state index in [2.05, 4.69) is 47.3 Å². The molecule has 0 heterocycles. The van der Waals surface area contributed by atoms with Gasteiger partial charge in [0.15, 0.2) is 5.96 Å². The van der Waals surface area contributed by atoms with E-state index in [0.29, 0.717) is 12.5 Å². The number of rotatable bonds is 7. The molecule has 0 atom stereocenters. The van der Waals surface area contributed by atoms with Gasteiger partial charge in [0.25, 0.3) is 0 Å². The fourth-order valence-corrected chi connectivity index (χ4v) is 1.93. The number of halogens is 1. The Hall–Kier alpha value is -0.860. The van der Waals surface area contributed by atoms with Gasteiger partial charge < -0.3 is 20.7 Å². The second kappa shape index (κ2) is 10.8. The van der Waals surface area contributed by atoms with Gasteiger partial charge in [-0.25, -0.2) is 0 Å². The smallest absolute Gasteiger partial charge is 0.193 e. The number of methoxy groups -OCH3 is 1. The van der Waals surface area contributed by atoms with Crippen molar-refractivity contribution in [2.45, 2.75) is 13.8 Å². The average Bonchev–Trinajstić information content (AvgIpc) is 2.35. The molecule has 0 aromatic heterocycles. The number of hydrogen-bond acceptors (Lipinski definition) is 3. The van der Waals surface area contributed by atoms with Crippen LogP contribution in [0.1, 0.15) is 11.1 Å². The van der Waals surface area contributed by atoms with Gasteiger partial charge in [0.2, 0.25) is 0 Å². The summed E-state index contributed by atoms with van der Waals surface area (Å²) in [6.07, 6.45) is 0. The number of nitrogens with zero attached hydrogens (tertiary/aromatic N) is 2. The van der Waals surface area contributed by atoms with Crippen LogP contribution in [0.2, 0.25) is 0 Å². The summed E-state index contributed by atoms with van der Waals surface area (Å²) < 4.78 is 5.03. The Morgan fingerprint density at radius 3 is 2.43 bits per heavy atom. The van der Waals surface area contributed by atoms with Crippen LogP contribution in [0.25, 0.3) is 0 Å². The minimum absolute atomic E-state index is 0. The standard InChI is InChI=1S/C15H26N4O.HI/c1-12-9-13(2)11-14(10-12)18-15(16)17-5-6-19(3)7-8-20-4;/h9-11H,5-8H2,1-4H3,(H3,16,17,18);1H. The van der Waals surface area contributed by atoms with Gasteiger partial charge in [0.05, 0.1) is 13.2 Å². The third-order valence-electron chi connectivity index (χ3n) is 2.94. The predicted octanol–water partition coefficient (Wildman–Crippen LogP) is 2.23. The Labute approximate surface area is 145 Å². The average molecular weight is 406 g/mol. The number of ether oxygens (including phenoxy) is 1. The molecule has 0 bridgehead atoms. The molecule has 0 amide bonds. The molecule has 0 aliphatic carbocycles. The lowest BCUT2D eigenvalue weighted by Crippen LogP contribution is -2.28. The molecule has 1 rings (SSSR count). The third-order valence-corrected chi connectivity index (χ3v) is 2.94. The molecule has 0 radical (unpaired) electrons. The largest absolute Gasteiger partial charge is 0.383 e. The van der Waals surface area contributed by atoms with Gasteiger partial charge in [-0.1, -0.05) is 6.07 Å². The number of anilines is 1. The molecule has 1 aromatic carbocycles. The summed E-state index contributed by atoms with van der Waals surface area (Å²) in [5.74, 6) is 0.454. The monoisotopic (exact) mass is 406 g/mol. The highest BCUT2D eigenvalue weighted by Gasteiger charge is 1.99. The van der Waals surface area contributed by atoms with Crippen LogP contribution in [0.15, 0.2) is 23.2 Å². The van der Waals surface area contributed by atoms with Crippen LogP contribution < -0.4 is 11.1 Å². The molecule has 0 saturated carbocycles. The van der Waals surface area contributed by atoms with Crippen molar-refractivity contribution in [3.05, 3.63) is 29.3 Å². The van der Waals surface area contributed by atoms with E-state index in [4.69, 9.17) is 10.5 Å². The molecule has 0 aliphatic heterocycles. The molecular formula is C15H27IN4O. The van der Waals surface area contributed by atoms with Crippen molar-refractivity contribution >= 4 is 35.6 Å². The summed E-state index contributed by atoms with van der Waals surface area (Å²) >= 11 is 0. The van der Waals surface area contributed by atoms with E-state index in [-0.39, 0.29) is 24.0 Å². The first-order valence-corrected chi connectivity index (χ1v) is 6.84. The molecule has 0 saturated heterocycles. The van der Waals surface area contributed by atoms with Crippen molar-refractivity contribution in [2.24, 2.45) is 10.7 Å². The lowest BCUT2D eigenvalue weighted by molar-refractivity contribution is 0.163. The lowest BCUT2D eigenvalue weighted by atomic mass is 10.1. The van der Waals surface area contributed by atoms with Gasteiger partial charge >= 0.3 is 0 Å². The van der Waals surface area contributed by atoms with Crippen LogP contribution in [-0.4, -0.2) is 51.3 Å². The number of benzene rings is 1. The van der Waals surface area contributed by atoms with Crippen LogP contribution in [-0.2, 0) is 4.74 Å². The van der Waals surface area contributed by atoms with Gasteiger partial charge in [-0.2, -0.15) is 0 Å². The molecule has 21 heavy (non-hydrogen) atoms. The Morgan fingerprint density at radius 2 is 1.86 bits per heavy atom. The number of likely N-dealkylation sites (N-methyl/N-ethyl adjacent to an activating group) is 1. The first-order valence-electron chi connectivity index (χ1n) is 6.84. The lowest BCUT2D eigenvalue weighted by Gasteiger charge is -2.14. The Morgan fingerprint density at radius 1 is 1.24 bits per heavy atom. The molecule has 0 aliphatic rings. The summed E-state index contributed by atoms with van der Waals surface area (Å²) in [7, 11) is 3.75. The molecular weight excluding hydrogens is 379 g/mol. The van der Waals surface area contributed by atoms with Gasteiger partial charge in [0.1, 0.15) is 0 Å². The molecule has 3 N–H and O–H groups in total. The number of aliphatic imine (C=N–C) groups is 1. The van der Waals surface area contributed by atoms with Crippen LogP contribution in [0, 0.1) is 13.8 Å². The molecule has 5 nitrogen and oxygen atoms in total. The van der Waals surface area contributed by atoms with E-state index in [1.807, 2.05) is 7.05 Å². The van der Waals surface area contributed by atoms with E-state index < -0.39 is 0 Å². The Bertz CT molecular complexity index is 431. The SMILES string of the molecule is COCCN(C)CCN=C(N)Nc1cc(C)cc(C)c1.I. The number of nitrogens with one attached hydrogen (secondary N) is 1. The second-order valence-corrected chi connectivity index (χ2v) is 5.06. The van der Waals surface area contributed by atoms with E-state index in [9.17, 15) is 0 Å².